The Hall–Kier alpha value is -4.70. The smallest absolute Gasteiger partial charge is 0.264 e. The van der Waals surface area contributed by atoms with E-state index in [1.165, 1.54) is 49.4 Å². The van der Waals surface area contributed by atoms with Gasteiger partial charge in [0.25, 0.3) is 10.0 Å². The molecule has 4 aromatic rings. The van der Waals surface area contributed by atoms with E-state index in [0.29, 0.717) is 0 Å². The number of carbonyl (C=O) groups excluding carboxylic acids is 2. The molecule has 0 aromatic heterocycles. The Kier molecular flexibility index (Phi) is 10.4. The lowest BCUT2D eigenvalue weighted by molar-refractivity contribution is -0.139. The van der Waals surface area contributed by atoms with Gasteiger partial charge in [-0.05, 0) is 55.3 Å². The number of carbonyl (C=O) groups is 2. The minimum absolute atomic E-state index is 0.0211. The zero-order chi connectivity index (χ0) is 31.9. The normalized spacial score (nSPS) is 11.8. The van der Waals surface area contributed by atoms with E-state index in [9.17, 15) is 22.4 Å². The topological polar surface area (TPSA) is 96.0 Å². The second kappa shape index (κ2) is 14.2. The van der Waals surface area contributed by atoms with E-state index >= 15 is 0 Å². The molecule has 0 bridgehead atoms. The summed E-state index contributed by atoms with van der Waals surface area (Å²) in [4.78, 5) is 28.9. The molecule has 1 N–H and O–H groups in total. The number of aryl methyl sites for hydroxylation is 2. The van der Waals surface area contributed by atoms with Crippen molar-refractivity contribution in [1.82, 2.24) is 10.2 Å². The largest absolute Gasteiger partial charge is 0.495 e. The molecule has 8 nitrogen and oxygen atoms in total. The van der Waals surface area contributed by atoms with Crippen molar-refractivity contribution in [1.29, 1.82) is 0 Å². The molecule has 0 aliphatic carbocycles. The molecule has 0 fully saturated rings. The highest BCUT2D eigenvalue weighted by molar-refractivity contribution is 7.92. The fourth-order valence-corrected chi connectivity index (χ4v) is 6.29. The number of halogens is 1. The standard InChI is InChI=1S/C34H36FN3O5S/c1-24-14-17-28(18-15-24)44(41,42)38(30-20-25(2)16-19-32(30)43-4)23-33(39)37(22-27-12-8-9-13-29(27)35)31(34(40)36-3)21-26-10-6-5-7-11-26/h5-20,31H,21-23H2,1-4H3,(H,36,40). The zero-order valence-electron chi connectivity index (χ0n) is 25.2. The summed E-state index contributed by atoms with van der Waals surface area (Å²) in [6.45, 7) is 2.70. The average molecular weight is 618 g/mol. The van der Waals surface area contributed by atoms with Crippen LogP contribution in [0.1, 0.15) is 22.3 Å². The number of hydrogen-bond donors (Lipinski definition) is 1. The van der Waals surface area contributed by atoms with Gasteiger partial charge in [0.15, 0.2) is 0 Å². The van der Waals surface area contributed by atoms with E-state index in [1.54, 1.807) is 43.3 Å². The Morgan fingerprint density at radius 1 is 0.886 bits per heavy atom. The summed E-state index contributed by atoms with van der Waals surface area (Å²) in [5, 5.41) is 2.61. The molecule has 2 amide bonds. The van der Waals surface area contributed by atoms with Crippen LogP contribution in [0.5, 0.6) is 5.75 Å². The first-order valence-corrected chi connectivity index (χ1v) is 15.5. The highest BCUT2D eigenvalue weighted by Gasteiger charge is 2.35. The van der Waals surface area contributed by atoms with Gasteiger partial charge >= 0.3 is 0 Å². The van der Waals surface area contributed by atoms with Crippen molar-refractivity contribution in [3.8, 4) is 5.75 Å². The summed E-state index contributed by atoms with van der Waals surface area (Å²) in [6.07, 6.45) is 0.124. The Labute approximate surface area is 258 Å². The molecule has 0 spiro atoms. The molecule has 4 rings (SSSR count). The SMILES string of the molecule is CNC(=O)C(Cc1ccccc1)N(Cc1ccccc1F)C(=O)CN(c1cc(C)ccc1OC)S(=O)(=O)c1ccc(C)cc1. The second-order valence-electron chi connectivity index (χ2n) is 10.4. The van der Waals surface area contributed by atoms with Crippen LogP contribution in [0.2, 0.25) is 0 Å². The maximum atomic E-state index is 14.9. The lowest BCUT2D eigenvalue weighted by Crippen LogP contribution is -2.53. The number of likely N-dealkylation sites (N-methyl/N-ethyl adjacent to an activating group) is 1. The fourth-order valence-electron chi connectivity index (χ4n) is 4.88. The number of hydrogen-bond acceptors (Lipinski definition) is 5. The number of rotatable bonds is 12. The maximum absolute atomic E-state index is 14.9. The summed E-state index contributed by atoms with van der Waals surface area (Å²) < 4.78 is 49.9. The molecule has 230 valence electrons. The number of benzene rings is 4. The number of nitrogens with zero attached hydrogens (tertiary/aromatic N) is 2. The molecule has 44 heavy (non-hydrogen) atoms. The van der Waals surface area contributed by atoms with Crippen molar-refractivity contribution in [2.45, 2.75) is 37.8 Å². The van der Waals surface area contributed by atoms with Gasteiger partial charge in [0.05, 0.1) is 17.7 Å². The fraction of sp³-hybridized carbons (Fsp3) is 0.235. The molecular weight excluding hydrogens is 581 g/mol. The second-order valence-corrected chi connectivity index (χ2v) is 12.3. The van der Waals surface area contributed by atoms with Crippen LogP contribution in [0.3, 0.4) is 0 Å². The third-order valence-electron chi connectivity index (χ3n) is 7.31. The van der Waals surface area contributed by atoms with E-state index in [1.807, 2.05) is 37.3 Å². The van der Waals surface area contributed by atoms with Gasteiger partial charge in [0.1, 0.15) is 24.2 Å². The molecule has 0 saturated heterocycles. The lowest BCUT2D eigenvalue weighted by atomic mass is 10.0. The summed E-state index contributed by atoms with van der Waals surface area (Å²) in [5.74, 6) is -1.48. The summed E-state index contributed by atoms with van der Waals surface area (Å²) in [6, 6.07) is 25.4. The van der Waals surface area contributed by atoms with E-state index in [0.717, 1.165) is 21.0 Å². The molecule has 0 aliphatic heterocycles. The number of nitrogens with one attached hydrogen (secondary N) is 1. The minimum atomic E-state index is -4.31. The van der Waals surface area contributed by atoms with E-state index in [-0.39, 0.29) is 34.9 Å². The Bertz CT molecular complexity index is 1710. The summed E-state index contributed by atoms with van der Waals surface area (Å²) in [5.41, 5.74) is 2.73. The molecular formula is C34H36FN3O5S. The summed E-state index contributed by atoms with van der Waals surface area (Å²) >= 11 is 0. The van der Waals surface area contributed by atoms with Crippen LogP contribution in [0.15, 0.2) is 102 Å². The van der Waals surface area contributed by atoms with Crippen molar-refractivity contribution in [3.05, 3.63) is 125 Å². The third-order valence-corrected chi connectivity index (χ3v) is 9.08. The van der Waals surface area contributed by atoms with Crippen LogP contribution in [0.4, 0.5) is 10.1 Å². The van der Waals surface area contributed by atoms with Gasteiger partial charge < -0.3 is 15.0 Å². The molecule has 1 unspecified atom stereocenters. The first-order chi connectivity index (χ1) is 21.0. The van der Waals surface area contributed by atoms with E-state index < -0.39 is 40.2 Å². The summed E-state index contributed by atoms with van der Waals surface area (Å²) in [7, 11) is -1.44. The van der Waals surface area contributed by atoms with Crippen molar-refractivity contribution < 1.29 is 27.1 Å². The van der Waals surface area contributed by atoms with E-state index in [4.69, 9.17) is 4.74 Å². The monoisotopic (exact) mass is 617 g/mol. The molecule has 4 aromatic carbocycles. The van der Waals surface area contributed by atoms with Gasteiger partial charge in [-0.3, -0.25) is 13.9 Å². The number of methoxy groups -OCH3 is 1. The van der Waals surface area contributed by atoms with Crippen molar-refractivity contribution in [2.24, 2.45) is 0 Å². The van der Waals surface area contributed by atoms with Crippen LogP contribution in [0, 0.1) is 19.7 Å². The maximum Gasteiger partial charge on any atom is 0.264 e. The Morgan fingerprint density at radius 3 is 2.16 bits per heavy atom. The van der Waals surface area contributed by atoms with Gasteiger partial charge in [-0.1, -0.05) is 72.3 Å². The number of ether oxygens (including phenoxy) is 1. The van der Waals surface area contributed by atoms with Gasteiger partial charge in [-0.25, -0.2) is 12.8 Å². The zero-order valence-corrected chi connectivity index (χ0v) is 26.0. The van der Waals surface area contributed by atoms with Crippen LogP contribution in [0.25, 0.3) is 0 Å². The van der Waals surface area contributed by atoms with Crippen LogP contribution < -0.4 is 14.4 Å². The Morgan fingerprint density at radius 2 is 1.52 bits per heavy atom. The average Bonchev–Trinajstić information content (AvgIpc) is 3.02. The van der Waals surface area contributed by atoms with Gasteiger partial charge in [0, 0.05) is 25.6 Å². The molecule has 0 aliphatic rings. The molecule has 10 heteroatoms. The van der Waals surface area contributed by atoms with Crippen LogP contribution >= 0.6 is 0 Å². The quantitative estimate of drug-likeness (QED) is 0.241. The number of anilines is 1. The predicted octanol–water partition coefficient (Wildman–Crippen LogP) is 5.03. The number of sulfonamides is 1. The van der Waals surface area contributed by atoms with Crippen LogP contribution in [-0.2, 0) is 32.6 Å². The molecule has 1 atom stereocenters. The highest BCUT2D eigenvalue weighted by Crippen LogP contribution is 2.34. The van der Waals surface area contributed by atoms with Gasteiger partial charge in [0.2, 0.25) is 11.8 Å². The van der Waals surface area contributed by atoms with Crippen molar-refractivity contribution >= 4 is 27.5 Å². The van der Waals surface area contributed by atoms with Gasteiger partial charge in [-0.15, -0.1) is 0 Å². The van der Waals surface area contributed by atoms with E-state index in [2.05, 4.69) is 5.32 Å². The molecule has 0 radical (unpaired) electrons. The predicted molar refractivity (Wildman–Crippen MR) is 168 cm³/mol. The van der Waals surface area contributed by atoms with Crippen molar-refractivity contribution in [2.75, 3.05) is 25.0 Å². The molecule has 0 heterocycles. The number of amides is 2. The third kappa shape index (κ3) is 7.44. The Balaban J connectivity index is 1.85. The van der Waals surface area contributed by atoms with Crippen LogP contribution in [-0.4, -0.2) is 51.9 Å². The molecule has 0 saturated carbocycles. The van der Waals surface area contributed by atoms with Gasteiger partial charge in [-0.2, -0.15) is 0 Å². The highest BCUT2D eigenvalue weighted by atomic mass is 32.2. The lowest BCUT2D eigenvalue weighted by Gasteiger charge is -2.34. The minimum Gasteiger partial charge on any atom is -0.495 e. The first kappa shape index (κ1) is 32.2. The first-order valence-electron chi connectivity index (χ1n) is 14.1. The van der Waals surface area contributed by atoms with Crippen molar-refractivity contribution in [3.63, 3.8) is 0 Å².